The van der Waals surface area contributed by atoms with Crippen molar-refractivity contribution in [2.45, 2.75) is 24.3 Å². The third-order valence-corrected chi connectivity index (χ3v) is 4.36. The molecule has 5 heteroatoms. The molecule has 0 aliphatic heterocycles. The number of hydrogen-bond acceptors (Lipinski definition) is 2. The highest BCUT2D eigenvalue weighted by Crippen LogP contribution is 2.36. The standard InChI is InChI=1S/C15H17F3OS/c1-20-14-8-12(9-14)3-2-11-4-6-13(7-5-11)19-10-15(16,17)18/h2-7,12,14H,8-10H2,1H3/b3-2+. The largest absolute Gasteiger partial charge is 0.484 e. The third-order valence-electron chi connectivity index (χ3n) is 3.31. The highest BCUT2D eigenvalue weighted by molar-refractivity contribution is 7.99. The Hall–Kier alpha value is -1.10. The molecule has 1 aliphatic rings. The average Bonchev–Trinajstić information content (AvgIpc) is 2.35. The second-order valence-electron chi connectivity index (χ2n) is 4.92. The van der Waals surface area contributed by atoms with Gasteiger partial charge in [-0.25, -0.2) is 0 Å². The zero-order valence-corrected chi connectivity index (χ0v) is 12.0. The molecular weight excluding hydrogens is 285 g/mol. The first-order valence-electron chi connectivity index (χ1n) is 6.47. The van der Waals surface area contributed by atoms with Crippen molar-refractivity contribution in [3.05, 3.63) is 35.9 Å². The van der Waals surface area contributed by atoms with Gasteiger partial charge in [0.1, 0.15) is 5.75 Å². The van der Waals surface area contributed by atoms with E-state index < -0.39 is 12.8 Å². The van der Waals surface area contributed by atoms with Crippen LogP contribution in [0.3, 0.4) is 0 Å². The molecular formula is C15H17F3OS. The molecule has 20 heavy (non-hydrogen) atoms. The molecule has 0 aromatic heterocycles. The topological polar surface area (TPSA) is 9.23 Å². The molecule has 1 fully saturated rings. The zero-order valence-electron chi connectivity index (χ0n) is 11.2. The number of alkyl halides is 3. The van der Waals surface area contributed by atoms with Crippen molar-refractivity contribution in [1.29, 1.82) is 0 Å². The minimum atomic E-state index is -4.30. The Balaban J connectivity index is 1.81. The number of hydrogen-bond donors (Lipinski definition) is 0. The molecule has 0 spiro atoms. The molecule has 0 N–H and O–H groups in total. The van der Waals surface area contributed by atoms with Crippen LogP contribution in [0.2, 0.25) is 0 Å². The first kappa shape index (κ1) is 15.3. The normalized spacial score (nSPS) is 22.8. The van der Waals surface area contributed by atoms with E-state index in [1.165, 1.54) is 12.8 Å². The molecule has 0 amide bonds. The van der Waals surface area contributed by atoms with Gasteiger partial charge in [0.15, 0.2) is 6.61 Å². The van der Waals surface area contributed by atoms with Gasteiger partial charge in [0.05, 0.1) is 0 Å². The molecule has 1 aliphatic carbocycles. The summed E-state index contributed by atoms with van der Waals surface area (Å²) in [5, 5.41) is 0.780. The first-order valence-corrected chi connectivity index (χ1v) is 7.75. The van der Waals surface area contributed by atoms with Gasteiger partial charge in [-0.1, -0.05) is 24.3 Å². The highest BCUT2D eigenvalue weighted by Gasteiger charge is 2.28. The molecule has 2 rings (SSSR count). The summed E-state index contributed by atoms with van der Waals surface area (Å²) in [5.74, 6) is 0.874. The predicted octanol–water partition coefficient (Wildman–Crippen LogP) is 4.78. The quantitative estimate of drug-likeness (QED) is 0.774. The molecule has 1 nitrogen and oxygen atoms in total. The van der Waals surface area contributed by atoms with Gasteiger partial charge in [-0.15, -0.1) is 0 Å². The van der Waals surface area contributed by atoms with E-state index >= 15 is 0 Å². The summed E-state index contributed by atoms with van der Waals surface area (Å²) < 4.78 is 40.7. The Morgan fingerprint density at radius 3 is 2.45 bits per heavy atom. The minimum Gasteiger partial charge on any atom is -0.484 e. The van der Waals surface area contributed by atoms with Crippen LogP contribution in [0.1, 0.15) is 18.4 Å². The fourth-order valence-electron chi connectivity index (χ4n) is 2.04. The molecule has 1 aromatic carbocycles. The molecule has 0 radical (unpaired) electrons. The van der Waals surface area contributed by atoms with Crippen LogP contribution in [0.25, 0.3) is 6.08 Å². The summed E-state index contributed by atoms with van der Waals surface area (Å²) in [6.45, 7) is -1.25. The smallest absolute Gasteiger partial charge is 0.422 e. The summed E-state index contributed by atoms with van der Waals surface area (Å²) in [6, 6.07) is 6.67. The van der Waals surface area contributed by atoms with Gasteiger partial charge in [0.2, 0.25) is 0 Å². The molecule has 0 saturated heterocycles. The second kappa shape index (κ2) is 6.57. The van der Waals surface area contributed by atoms with E-state index in [4.69, 9.17) is 0 Å². The summed E-state index contributed by atoms with van der Waals surface area (Å²) in [7, 11) is 0. The number of halogens is 3. The second-order valence-corrected chi connectivity index (χ2v) is 6.06. The fraction of sp³-hybridized carbons (Fsp3) is 0.467. The van der Waals surface area contributed by atoms with Gasteiger partial charge in [0, 0.05) is 5.25 Å². The maximum atomic E-state index is 12.0. The van der Waals surface area contributed by atoms with Crippen LogP contribution in [0, 0.1) is 5.92 Å². The minimum absolute atomic E-state index is 0.241. The number of ether oxygens (including phenoxy) is 1. The monoisotopic (exact) mass is 302 g/mol. The molecule has 0 heterocycles. The average molecular weight is 302 g/mol. The SMILES string of the molecule is CSC1CC(/C=C/c2ccc(OCC(F)(F)F)cc2)C1. The van der Waals surface area contributed by atoms with Crippen molar-refractivity contribution in [2.24, 2.45) is 5.92 Å². The summed E-state index contributed by atoms with van der Waals surface area (Å²) in [5.41, 5.74) is 0.983. The maximum absolute atomic E-state index is 12.0. The van der Waals surface area contributed by atoms with Crippen LogP contribution in [-0.4, -0.2) is 24.3 Å². The van der Waals surface area contributed by atoms with Crippen LogP contribution < -0.4 is 4.74 Å². The van der Waals surface area contributed by atoms with Crippen LogP contribution in [0.15, 0.2) is 30.3 Å². The van der Waals surface area contributed by atoms with Crippen LogP contribution in [0.5, 0.6) is 5.75 Å². The van der Waals surface area contributed by atoms with E-state index in [9.17, 15) is 13.2 Å². The van der Waals surface area contributed by atoms with Crippen molar-refractivity contribution in [2.75, 3.05) is 12.9 Å². The fourth-order valence-corrected chi connectivity index (χ4v) is 2.92. The lowest BCUT2D eigenvalue weighted by Gasteiger charge is -2.31. The lowest BCUT2D eigenvalue weighted by atomic mass is 9.84. The Bertz CT molecular complexity index is 447. The van der Waals surface area contributed by atoms with Gasteiger partial charge >= 0.3 is 6.18 Å². The molecule has 1 aromatic rings. The Kier molecular flexibility index (Phi) is 5.02. The first-order chi connectivity index (χ1) is 9.46. The van der Waals surface area contributed by atoms with E-state index in [0.717, 1.165) is 10.8 Å². The maximum Gasteiger partial charge on any atom is 0.422 e. The van der Waals surface area contributed by atoms with Gasteiger partial charge in [-0.3, -0.25) is 0 Å². The molecule has 0 atom stereocenters. The number of allylic oxidation sites excluding steroid dienone is 1. The molecule has 0 bridgehead atoms. The molecule has 0 unspecified atom stereocenters. The number of thioether (sulfide) groups is 1. The van der Waals surface area contributed by atoms with Gasteiger partial charge in [-0.05, 0) is 42.7 Å². The Labute approximate surface area is 121 Å². The van der Waals surface area contributed by atoms with E-state index in [1.807, 2.05) is 17.8 Å². The van der Waals surface area contributed by atoms with E-state index in [-0.39, 0.29) is 5.75 Å². The van der Waals surface area contributed by atoms with Gasteiger partial charge in [-0.2, -0.15) is 24.9 Å². The zero-order chi connectivity index (χ0) is 14.6. The lowest BCUT2D eigenvalue weighted by Crippen LogP contribution is -2.23. The van der Waals surface area contributed by atoms with Crippen molar-refractivity contribution in [1.82, 2.24) is 0 Å². The Morgan fingerprint density at radius 2 is 1.90 bits per heavy atom. The van der Waals surface area contributed by atoms with E-state index in [0.29, 0.717) is 5.92 Å². The summed E-state index contributed by atoms with van der Waals surface area (Å²) >= 11 is 1.90. The van der Waals surface area contributed by atoms with Crippen LogP contribution in [-0.2, 0) is 0 Å². The van der Waals surface area contributed by atoms with E-state index in [1.54, 1.807) is 24.3 Å². The molecule has 110 valence electrons. The van der Waals surface area contributed by atoms with E-state index in [2.05, 4.69) is 17.1 Å². The summed E-state index contributed by atoms with van der Waals surface area (Å²) in [4.78, 5) is 0. The Morgan fingerprint density at radius 1 is 1.25 bits per heavy atom. The third kappa shape index (κ3) is 4.78. The number of rotatable bonds is 5. The predicted molar refractivity (Wildman–Crippen MR) is 77.1 cm³/mol. The van der Waals surface area contributed by atoms with Crippen molar-refractivity contribution < 1.29 is 17.9 Å². The number of benzene rings is 1. The van der Waals surface area contributed by atoms with Crippen molar-refractivity contribution >= 4 is 17.8 Å². The summed E-state index contributed by atoms with van der Waals surface area (Å²) in [6.07, 6.45) is 4.46. The molecule has 1 saturated carbocycles. The van der Waals surface area contributed by atoms with Crippen molar-refractivity contribution in [3.8, 4) is 5.75 Å². The van der Waals surface area contributed by atoms with Gasteiger partial charge in [0.25, 0.3) is 0 Å². The highest BCUT2D eigenvalue weighted by atomic mass is 32.2. The van der Waals surface area contributed by atoms with Crippen LogP contribution >= 0.6 is 11.8 Å². The van der Waals surface area contributed by atoms with Crippen LogP contribution in [0.4, 0.5) is 13.2 Å². The van der Waals surface area contributed by atoms with Crippen molar-refractivity contribution in [3.63, 3.8) is 0 Å². The lowest BCUT2D eigenvalue weighted by molar-refractivity contribution is -0.153. The van der Waals surface area contributed by atoms with Gasteiger partial charge < -0.3 is 4.74 Å².